The molecule has 6 heteroatoms. The maximum absolute atomic E-state index is 12.4. The summed E-state index contributed by atoms with van der Waals surface area (Å²) in [5.74, 6) is 0.335. The number of rotatable bonds is 3. The summed E-state index contributed by atoms with van der Waals surface area (Å²) in [4.78, 5) is 18.6. The number of carbonyl (C=O) groups excluding carboxylic acids is 1. The minimum Gasteiger partial charge on any atom is -0.316 e. The zero-order valence-corrected chi connectivity index (χ0v) is 12.4. The summed E-state index contributed by atoms with van der Waals surface area (Å²) in [7, 11) is 0. The fraction of sp³-hybridized carbons (Fsp3) is 0.667. The largest absolute Gasteiger partial charge is 0.316 e. The molecular formula is C12H20ClN3OS. The van der Waals surface area contributed by atoms with Crippen LogP contribution in [0.25, 0.3) is 0 Å². The van der Waals surface area contributed by atoms with Crippen LogP contribution in [0.3, 0.4) is 0 Å². The first-order chi connectivity index (χ1) is 8.22. The molecule has 0 radical (unpaired) electrons. The van der Waals surface area contributed by atoms with E-state index < -0.39 is 0 Å². The van der Waals surface area contributed by atoms with Gasteiger partial charge in [-0.15, -0.1) is 23.7 Å². The van der Waals surface area contributed by atoms with Crippen molar-refractivity contribution in [3.05, 3.63) is 11.1 Å². The number of hydrogen-bond acceptors (Lipinski definition) is 4. The van der Waals surface area contributed by atoms with E-state index in [2.05, 4.69) is 10.3 Å². The third-order valence-electron chi connectivity index (χ3n) is 3.07. The van der Waals surface area contributed by atoms with Crippen LogP contribution in [0, 0.1) is 12.8 Å². The van der Waals surface area contributed by atoms with Crippen LogP contribution in [-0.4, -0.2) is 30.5 Å². The Morgan fingerprint density at radius 2 is 2.44 bits per heavy atom. The van der Waals surface area contributed by atoms with E-state index in [1.54, 1.807) is 11.3 Å². The number of nitrogens with zero attached hydrogens (tertiary/aromatic N) is 2. The number of hydrogen-bond donors (Lipinski definition) is 1. The van der Waals surface area contributed by atoms with Crippen LogP contribution in [-0.2, 0) is 4.79 Å². The van der Waals surface area contributed by atoms with Crippen LogP contribution in [0.1, 0.15) is 25.5 Å². The highest BCUT2D eigenvalue weighted by atomic mass is 35.5. The van der Waals surface area contributed by atoms with Gasteiger partial charge in [0.2, 0.25) is 5.91 Å². The number of halogens is 1. The Morgan fingerprint density at radius 1 is 1.67 bits per heavy atom. The van der Waals surface area contributed by atoms with Crippen LogP contribution in [0.5, 0.6) is 0 Å². The van der Waals surface area contributed by atoms with Gasteiger partial charge in [0, 0.05) is 18.5 Å². The van der Waals surface area contributed by atoms with Crippen molar-refractivity contribution in [2.75, 3.05) is 24.5 Å². The van der Waals surface area contributed by atoms with Crippen LogP contribution in [0.15, 0.2) is 5.38 Å². The maximum Gasteiger partial charge on any atom is 0.233 e. The second-order valence-electron chi connectivity index (χ2n) is 4.40. The number of aromatic nitrogens is 1. The monoisotopic (exact) mass is 289 g/mol. The number of thiazole rings is 1. The summed E-state index contributed by atoms with van der Waals surface area (Å²) in [5.41, 5.74) is 0.984. The lowest BCUT2D eigenvalue weighted by atomic mass is 9.98. The molecule has 2 rings (SSSR count). The zero-order valence-electron chi connectivity index (χ0n) is 10.8. The lowest BCUT2D eigenvalue weighted by molar-refractivity contribution is -0.122. The van der Waals surface area contributed by atoms with Gasteiger partial charge < -0.3 is 5.32 Å². The number of anilines is 1. The van der Waals surface area contributed by atoms with Crippen molar-refractivity contribution in [1.29, 1.82) is 0 Å². The number of carbonyl (C=O) groups is 1. The fourth-order valence-electron chi connectivity index (χ4n) is 2.13. The molecule has 0 aromatic carbocycles. The van der Waals surface area contributed by atoms with Gasteiger partial charge in [0.25, 0.3) is 0 Å². The van der Waals surface area contributed by atoms with E-state index in [1.807, 2.05) is 24.1 Å². The molecule has 1 saturated heterocycles. The molecule has 102 valence electrons. The van der Waals surface area contributed by atoms with Crippen molar-refractivity contribution in [3.8, 4) is 0 Å². The molecular weight excluding hydrogens is 270 g/mol. The molecule has 1 N–H and O–H groups in total. The highest BCUT2D eigenvalue weighted by molar-refractivity contribution is 7.14. The second-order valence-corrected chi connectivity index (χ2v) is 5.23. The number of nitrogens with one attached hydrogen (secondary N) is 1. The minimum absolute atomic E-state index is 0. The molecule has 18 heavy (non-hydrogen) atoms. The third kappa shape index (κ3) is 3.43. The van der Waals surface area contributed by atoms with Gasteiger partial charge in [-0.1, -0.05) is 0 Å². The predicted octanol–water partition coefficient (Wildman–Crippen LogP) is 2.23. The smallest absolute Gasteiger partial charge is 0.233 e. The van der Waals surface area contributed by atoms with Gasteiger partial charge in [0.15, 0.2) is 5.13 Å². The molecule has 1 aliphatic rings. The van der Waals surface area contributed by atoms with Crippen molar-refractivity contribution in [2.45, 2.75) is 26.7 Å². The molecule has 2 heterocycles. The molecule has 1 amide bonds. The Labute approximate surface area is 118 Å². The van der Waals surface area contributed by atoms with Gasteiger partial charge in [0.05, 0.1) is 11.6 Å². The number of piperidine rings is 1. The van der Waals surface area contributed by atoms with E-state index in [0.717, 1.165) is 36.8 Å². The quantitative estimate of drug-likeness (QED) is 0.928. The predicted molar refractivity (Wildman–Crippen MR) is 77.7 cm³/mol. The number of amides is 1. The standard InChI is InChI=1S/C12H19N3OS.ClH/c1-3-15(12-14-9(2)8-17-12)11(16)10-5-4-6-13-7-10;/h8,10,13H,3-7H2,1-2H3;1H. The molecule has 0 bridgehead atoms. The first-order valence-corrected chi connectivity index (χ1v) is 7.04. The Morgan fingerprint density at radius 3 is 2.94 bits per heavy atom. The molecule has 1 aromatic heterocycles. The van der Waals surface area contributed by atoms with Crippen molar-refractivity contribution >= 4 is 34.8 Å². The Bertz CT molecular complexity index is 390. The summed E-state index contributed by atoms with van der Waals surface area (Å²) in [6.45, 7) is 6.50. The highest BCUT2D eigenvalue weighted by Gasteiger charge is 2.27. The van der Waals surface area contributed by atoms with E-state index in [-0.39, 0.29) is 24.2 Å². The van der Waals surface area contributed by atoms with E-state index in [4.69, 9.17) is 0 Å². The first-order valence-electron chi connectivity index (χ1n) is 6.16. The fourth-order valence-corrected chi connectivity index (χ4v) is 3.01. The first kappa shape index (κ1) is 15.4. The van der Waals surface area contributed by atoms with Gasteiger partial charge in [-0.3, -0.25) is 9.69 Å². The van der Waals surface area contributed by atoms with Gasteiger partial charge in [0.1, 0.15) is 0 Å². The molecule has 0 spiro atoms. The molecule has 1 aliphatic heterocycles. The molecule has 0 saturated carbocycles. The lowest BCUT2D eigenvalue weighted by Gasteiger charge is -2.27. The molecule has 1 atom stereocenters. The van der Waals surface area contributed by atoms with Crippen LogP contribution in [0.4, 0.5) is 5.13 Å². The molecule has 4 nitrogen and oxygen atoms in total. The Hall–Kier alpha value is -0.650. The SMILES string of the molecule is CCN(C(=O)C1CCCNC1)c1nc(C)cs1.Cl. The van der Waals surface area contributed by atoms with Gasteiger partial charge in [-0.2, -0.15) is 0 Å². The summed E-state index contributed by atoms with van der Waals surface area (Å²) in [6, 6.07) is 0. The summed E-state index contributed by atoms with van der Waals surface area (Å²) >= 11 is 1.55. The molecule has 1 unspecified atom stereocenters. The second kappa shape index (κ2) is 7.07. The van der Waals surface area contributed by atoms with Crippen molar-refractivity contribution in [2.24, 2.45) is 5.92 Å². The summed E-state index contributed by atoms with van der Waals surface area (Å²) in [5, 5.41) is 6.11. The zero-order chi connectivity index (χ0) is 12.3. The summed E-state index contributed by atoms with van der Waals surface area (Å²) < 4.78 is 0. The van der Waals surface area contributed by atoms with Crippen molar-refractivity contribution < 1.29 is 4.79 Å². The van der Waals surface area contributed by atoms with Crippen LogP contribution < -0.4 is 10.2 Å². The molecule has 0 aliphatic carbocycles. The maximum atomic E-state index is 12.4. The van der Waals surface area contributed by atoms with Crippen molar-refractivity contribution in [3.63, 3.8) is 0 Å². The number of aryl methyl sites for hydroxylation is 1. The van der Waals surface area contributed by atoms with Crippen LogP contribution in [0.2, 0.25) is 0 Å². The molecule has 1 aromatic rings. The minimum atomic E-state index is 0. The Kier molecular flexibility index (Phi) is 6.05. The topological polar surface area (TPSA) is 45.2 Å². The summed E-state index contributed by atoms with van der Waals surface area (Å²) in [6.07, 6.45) is 2.08. The Balaban J connectivity index is 0.00000162. The van der Waals surface area contributed by atoms with E-state index in [9.17, 15) is 4.79 Å². The normalized spacial score (nSPS) is 19.1. The molecule has 1 fully saturated rings. The van der Waals surface area contributed by atoms with Gasteiger partial charge in [-0.25, -0.2) is 4.98 Å². The van der Waals surface area contributed by atoms with Gasteiger partial charge in [-0.05, 0) is 33.2 Å². The van der Waals surface area contributed by atoms with E-state index in [1.165, 1.54) is 0 Å². The lowest BCUT2D eigenvalue weighted by Crippen LogP contribution is -2.43. The van der Waals surface area contributed by atoms with Crippen LogP contribution >= 0.6 is 23.7 Å². The van der Waals surface area contributed by atoms with E-state index in [0.29, 0.717) is 6.54 Å². The van der Waals surface area contributed by atoms with Crippen molar-refractivity contribution in [1.82, 2.24) is 10.3 Å². The highest BCUT2D eigenvalue weighted by Crippen LogP contribution is 2.23. The van der Waals surface area contributed by atoms with Gasteiger partial charge >= 0.3 is 0 Å². The average Bonchev–Trinajstić information content (AvgIpc) is 2.78. The van der Waals surface area contributed by atoms with E-state index >= 15 is 0 Å². The third-order valence-corrected chi connectivity index (χ3v) is 4.05. The average molecular weight is 290 g/mol.